The number of nitrogens with zero attached hydrogens (tertiary/aromatic N) is 4. The molecule has 1 aliphatic heterocycles. The van der Waals surface area contributed by atoms with Gasteiger partial charge in [0.2, 0.25) is 5.91 Å². The van der Waals surface area contributed by atoms with Crippen molar-refractivity contribution in [3.63, 3.8) is 0 Å². The van der Waals surface area contributed by atoms with Crippen LogP contribution in [0.5, 0.6) is 0 Å². The maximum atomic E-state index is 12.3. The van der Waals surface area contributed by atoms with Crippen molar-refractivity contribution in [1.29, 1.82) is 0 Å². The number of likely N-dealkylation sites (N-methyl/N-ethyl adjacent to an activating group) is 1. The molecule has 0 radical (unpaired) electrons. The molecule has 0 aliphatic carbocycles. The number of aromatic nitrogens is 3. The summed E-state index contributed by atoms with van der Waals surface area (Å²) in [6.07, 6.45) is 11.9. The molecule has 3 heterocycles. The molecule has 0 fully saturated rings. The predicted molar refractivity (Wildman–Crippen MR) is 107 cm³/mol. The van der Waals surface area contributed by atoms with Crippen molar-refractivity contribution in [3.8, 4) is 0 Å². The summed E-state index contributed by atoms with van der Waals surface area (Å²) in [5, 5.41) is 9.05. The number of carbonyl (C=O) groups excluding carboxylic acids is 1. The molecule has 0 bridgehead atoms. The second kappa shape index (κ2) is 7.07. The molecule has 136 valence electrons. The van der Waals surface area contributed by atoms with E-state index in [9.17, 15) is 4.79 Å². The van der Waals surface area contributed by atoms with Crippen molar-refractivity contribution >= 4 is 28.2 Å². The number of nitrogens with one attached hydrogen (secondary N) is 1. The number of amides is 1. The Balaban J connectivity index is 1.56. The van der Waals surface area contributed by atoms with Crippen LogP contribution in [-0.2, 0) is 18.3 Å². The largest absolute Gasteiger partial charge is 0.370 e. The Hall–Kier alpha value is -3.41. The average Bonchev–Trinajstić information content (AvgIpc) is 3.06. The fraction of sp³-hybridized carbons (Fsp3) is 0.190. The lowest BCUT2D eigenvalue weighted by molar-refractivity contribution is -0.115. The fourth-order valence-corrected chi connectivity index (χ4v) is 3.22. The van der Waals surface area contributed by atoms with Crippen LogP contribution in [0.25, 0.3) is 16.5 Å². The summed E-state index contributed by atoms with van der Waals surface area (Å²) in [7, 11) is 3.91. The first-order valence-electron chi connectivity index (χ1n) is 8.84. The third-order valence-electron chi connectivity index (χ3n) is 4.59. The standard InChI is InChI=1S/C21H21N5O/c1-25-8-4-3-5-19(25)16-6-7-17-13-22-20(11-18(17)10-16)24-21(27)9-15-12-23-26(2)14-15/h3-7,10-14H,8-9H2,1-2H3,(H,22,24,27). The molecule has 0 unspecified atom stereocenters. The number of hydrogen-bond acceptors (Lipinski definition) is 4. The van der Waals surface area contributed by atoms with E-state index in [0.29, 0.717) is 5.82 Å². The highest BCUT2D eigenvalue weighted by Crippen LogP contribution is 2.25. The molecular formula is C21H21N5O. The fourth-order valence-electron chi connectivity index (χ4n) is 3.22. The summed E-state index contributed by atoms with van der Waals surface area (Å²) >= 11 is 0. The predicted octanol–water partition coefficient (Wildman–Crippen LogP) is 2.99. The van der Waals surface area contributed by atoms with Gasteiger partial charge in [0, 0.05) is 44.1 Å². The maximum absolute atomic E-state index is 12.3. The highest BCUT2D eigenvalue weighted by atomic mass is 16.1. The maximum Gasteiger partial charge on any atom is 0.230 e. The van der Waals surface area contributed by atoms with Gasteiger partial charge in [0.1, 0.15) is 5.82 Å². The van der Waals surface area contributed by atoms with Gasteiger partial charge < -0.3 is 10.2 Å². The van der Waals surface area contributed by atoms with E-state index >= 15 is 0 Å². The Labute approximate surface area is 157 Å². The number of anilines is 1. The number of carbonyl (C=O) groups is 1. The Bertz CT molecular complexity index is 1060. The van der Waals surface area contributed by atoms with Crippen LogP contribution in [0.3, 0.4) is 0 Å². The van der Waals surface area contributed by atoms with Crippen LogP contribution < -0.4 is 5.32 Å². The van der Waals surface area contributed by atoms with Gasteiger partial charge in [-0.05, 0) is 34.7 Å². The summed E-state index contributed by atoms with van der Waals surface area (Å²) in [5.74, 6) is 0.449. The molecule has 4 rings (SSSR count). The van der Waals surface area contributed by atoms with Crippen molar-refractivity contribution in [2.75, 3.05) is 18.9 Å². The van der Waals surface area contributed by atoms with Crippen LogP contribution in [0.15, 0.2) is 61.1 Å². The van der Waals surface area contributed by atoms with Gasteiger partial charge in [-0.2, -0.15) is 5.10 Å². The minimum atomic E-state index is -0.106. The Morgan fingerprint density at radius 3 is 2.85 bits per heavy atom. The summed E-state index contributed by atoms with van der Waals surface area (Å²) in [5.41, 5.74) is 3.20. The number of fused-ring (bicyclic) bond motifs is 1. The van der Waals surface area contributed by atoms with Gasteiger partial charge in [-0.1, -0.05) is 24.3 Å². The molecule has 1 aromatic carbocycles. The molecule has 0 atom stereocenters. The van der Waals surface area contributed by atoms with Crippen molar-refractivity contribution in [2.45, 2.75) is 6.42 Å². The highest BCUT2D eigenvalue weighted by molar-refractivity contribution is 5.94. The van der Waals surface area contributed by atoms with E-state index < -0.39 is 0 Å². The minimum absolute atomic E-state index is 0.106. The molecule has 0 spiro atoms. The van der Waals surface area contributed by atoms with E-state index in [2.05, 4.69) is 63.8 Å². The molecule has 6 heteroatoms. The highest BCUT2D eigenvalue weighted by Gasteiger charge is 2.11. The Morgan fingerprint density at radius 2 is 2.07 bits per heavy atom. The molecule has 1 amide bonds. The number of aryl methyl sites for hydroxylation is 1. The minimum Gasteiger partial charge on any atom is -0.370 e. The molecule has 0 saturated carbocycles. The van der Waals surface area contributed by atoms with E-state index in [4.69, 9.17) is 0 Å². The normalized spacial score (nSPS) is 13.7. The Kier molecular flexibility index (Phi) is 4.46. The van der Waals surface area contributed by atoms with E-state index in [1.807, 2.05) is 19.3 Å². The molecule has 1 aliphatic rings. The number of allylic oxidation sites excluding steroid dienone is 2. The van der Waals surface area contributed by atoms with Crippen LogP contribution in [0.1, 0.15) is 11.1 Å². The lowest BCUT2D eigenvalue weighted by Gasteiger charge is -2.24. The first-order chi connectivity index (χ1) is 13.1. The van der Waals surface area contributed by atoms with Crippen LogP contribution in [-0.4, -0.2) is 39.2 Å². The van der Waals surface area contributed by atoms with E-state index in [1.54, 1.807) is 17.1 Å². The topological polar surface area (TPSA) is 63.1 Å². The number of hydrogen-bond donors (Lipinski definition) is 1. The molecule has 1 N–H and O–H groups in total. The van der Waals surface area contributed by atoms with Gasteiger partial charge in [0.05, 0.1) is 12.6 Å². The molecule has 2 aromatic heterocycles. The van der Waals surface area contributed by atoms with Crippen LogP contribution in [0.4, 0.5) is 5.82 Å². The van der Waals surface area contributed by atoms with Gasteiger partial charge in [-0.3, -0.25) is 9.48 Å². The molecule has 27 heavy (non-hydrogen) atoms. The first kappa shape index (κ1) is 17.0. The zero-order valence-corrected chi connectivity index (χ0v) is 15.4. The van der Waals surface area contributed by atoms with Crippen molar-refractivity contribution < 1.29 is 4.79 Å². The first-order valence-corrected chi connectivity index (χ1v) is 8.84. The lowest BCUT2D eigenvalue weighted by Crippen LogP contribution is -2.18. The van der Waals surface area contributed by atoms with E-state index in [-0.39, 0.29) is 12.3 Å². The van der Waals surface area contributed by atoms with Crippen LogP contribution in [0, 0.1) is 0 Å². The van der Waals surface area contributed by atoms with Gasteiger partial charge >= 0.3 is 0 Å². The number of rotatable bonds is 4. The summed E-state index contributed by atoms with van der Waals surface area (Å²) in [4.78, 5) is 18.8. The third-order valence-corrected chi connectivity index (χ3v) is 4.59. The van der Waals surface area contributed by atoms with Gasteiger partial charge in [-0.25, -0.2) is 4.98 Å². The van der Waals surface area contributed by atoms with Gasteiger partial charge in [-0.15, -0.1) is 0 Å². The average molecular weight is 359 g/mol. The van der Waals surface area contributed by atoms with Crippen molar-refractivity contribution in [2.24, 2.45) is 7.05 Å². The quantitative estimate of drug-likeness (QED) is 0.778. The smallest absolute Gasteiger partial charge is 0.230 e. The van der Waals surface area contributed by atoms with E-state index in [1.165, 1.54) is 5.70 Å². The van der Waals surface area contributed by atoms with Crippen LogP contribution in [0.2, 0.25) is 0 Å². The zero-order chi connectivity index (χ0) is 18.8. The second-order valence-electron chi connectivity index (χ2n) is 6.74. The number of benzene rings is 1. The number of pyridine rings is 1. The molecule has 0 saturated heterocycles. The zero-order valence-electron chi connectivity index (χ0n) is 15.4. The SMILES string of the molecule is CN1CC=CC=C1c1ccc2cnc(NC(=O)Cc3cnn(C)c3)cc2c1. The van der Waals surface area contributed by atoms with Crippen LogP contribution >= 0.6 is 0 Å². The van der Waals surface area contributed by atoms with Crippen molar-refractivity contribution in [3.05, 3.63) is 72.2 Å². The summed E-state index contributed by atoms with van der Waals surface area (Å²) in [6.45, 7) is 0.899. The molecule has 6 nitrogen and oxygen atoms in total. The summed E-state index contributed by atoms with van der Waals surface area (Å²) in [6, 6.07) is 8.21. The van der Waals surface area contributed by atoms with Crippen molar-refractivity contribution in [1.82, 2.24) is 19.7 Å². The second-order valence-corrected chi connectivity index (χ2v) is 6.74. The van der Waals surface area contributed by atoms with Gasteiger partial charge in [0.25, 0.3) is 0 Å². The Morgan fingerprint density at radius 1 is 1.19 bits per heavy atom. The summed E-state index contributed by atoms with van der Waals surface area (Å²) < 4.78 is 1.69. The molecular weight excluding hydrogens is 338 g/mol. The van der Waals surface area contributed by atoms with Gasteiger partial charge in [0.15, 0.2) is 0 Å². The monoisotopic (exact) mass is 359 g/mol. The lowest BCUT2D eigenvalue weighted by atomic mass is 10.0. The third kappa shape index (κ3) is 3.74. The molecule has 3 aromatic rings. The van der Waals surface area contributed by atoms with E-state index in [0.717, 1.165) is 28.4 Å².